The highest BCUT2D eigenvalue weighted by Crippen LogP contribution is 2.31. The smallest absolute Gasteiger partial charge is 0.309 e. The molecule has 5 nitrogen and oxygen atoms in total. The Morgan fingerprint density at radius 2 is 1.30 bits per heavy atom. The fourth-order valence-corrected chi connectivity index (χ4v) is 3.92. The summed E-state index contributed by atoms with van der Waals surface area (Å²) in [5, 5.41) is 7.98. The summed E-state index contributed by atoms with van der Waals surface area (Å²) in [5.41, 5.74) is 0. The van der Waals surface area contributed by atoms with Crippen LogP contribution in [0.2, 0.25) is 0 Å². The van der Waals surface area contributed by atoms with Crippen LogP contribution in [0.3, 0.4) is 0 Å². The molecule has 174 valence electrons. The van der Waals surface area contributed by atoms with Gasteiger partial charge in [0.25, 0.3) is 0 Å². The van der Waals surface area contributed by atoms with Gasteiger partial charge in [0.15, 0.2) is 0 Å². The molecule has 5 heteroatoms. The number of hydrogen-bond donors (Lipinski definition) is 1. The molecule has 0 aromatic heterocycles. The Morgan fingerprint density at radius 1 is 0.833 bits per heavy atom. The van der Waals surface area contributed by atoms with Crippen LogP contribution < -0.4 is 0 Å². The van der Waals surface area contributed by atoms with Crippen LogP contribution in [0.15, 0.2) is 24.3 Å². The van der Waals surface area contributed by atoms with Gasteiger partial charge in [-0.1, -0.05) is 63.8 Å². The minimum atomic E-state index is -0.0165. The first-order valence-electron chi connectivity index (χ1n) is 11.5. The van der Waals surface area contributed by atoms with Gasteiger partial charge < -0.3 is 14.6 Å². The number of carbonyl (C=O) groups is 2. The zero-order valence-electron chi connectivity index (χ0n) is 19.8. The van der Waals surface area contributed by atoms with E-state index in [1.54, 1.807) is 12.2 Å². The molecule has 0 aromatic rings. The third kappa shape index (κ3) is 12.2. The Kier molecular flexibility index (Phi) is 17.2. The number of ether oxygens (including phenoxy) is 2. The number of rotatable bonds is 5. The van der Waals surface area contributed by atoms with E-state index in [-0.39, 0.29) is 30.4 Å². The molecule has 0 bridgehead atoms. The van der Waals surface area contributed by atoms with Crippen molar-refractivity contribution in [3.05, 3.63) is 24.3 Å². The maximum absolute atomic E-state index is 11.6. The largest absolute Gasteiger partial charge is 0.469 e. The predicted molar refractivity (Wildman–Crippen MR) is 122 cm³/mol. The van der Waals surface area contributed by atoms with E-state index in [2.05, 4.69) is 13.8 Å². The molecule has 30 heavy (non-hydrogen) atoms. The highest BCUT2D eigenvalue weighted by atomic mass is 16.5. The molecule has 4 unspecified atom stereocenters. The van der Waals surface area contributed by atoms with E-state index in [4.69, 9.17) is 14.6 Å². The van der Waals surface area contributed by atoms with Crippen molar-refractivity contribution in [3.8, 4) is 0 Å². The van der Waals surface area contributed by atoms with Crippen LogP contribution >= 0.6 is 0 Å². The van der Waals surface area contributed by atoms with Gasteiger partial charge in [0.05, 0.1) is 25.6 Å². The lowest BCUT2D eigenvalue weighted by Crippen LogP contribution is -2.27. The standard InChI is InChI=1S/C12H20O2.C9H16O2.C4H8O/c1-3-4-9-14-12(13)11-8-6-5-7-10(11)2;1-7-5-3-4-6-8(7)9(10)11-2;1-2-3-4-5/h3-4,10-11H,5-9H2,1-2H3;7-8H,3-6H2,1-2H3;2-3,5H,4H2,1H3/b4-3+;;3-2+. The van der Waals surface area contributed by atoms with E-state index in [1.165, 1.54) is 45.6 Å². The van der Waals surface area contributed by atoms with E-state index in [0.29, 0.717) is 18.4 Å². The van der Waals surface area contributed by atoms with Crippen molar-refractivity contribution in [2.45, 2.75) is 79.1 Å². The second-order valence-electron chi connectivity index (χ2n) is 8.21. The molecule has 0 spiro atoms. The van der Waals surface area contributed by atoms with Gasteiger partial charge in [-0.05, 0) is 51.4 Å². The van der Waals surface area contributed by atoms with Gasteiger partial charge >= 0.3 is 11.9 Å². The second kappa shape index (κ2) is 18.2. The third-order valence-corrected chi connectivity index (χ3v) is 5.93. The van der Waals surface area contributed by atoms with Crippen LogP contribution in [0.1, 0.15) is 79.1 Å². The van der Waals surface area contributed by atoms with Crippen LogP contribution in [0, 0.1) is 23.7 Å². The average molecular weight is 425 g/mol. The summed E-state index contributed by atoms with van der Waals surface area (Å²) in [4.78, 5) is 22.8. The number of aliphatic hydroxyl groups is 1. The summed E-state index contributed by atoms with van der Waals surface area (Å²) < 4.78 is 9.89. The summed E-state index contributed by atoms with van der Waals surface area (Å²) in [6, 6.07) is 0. The lowest BCUT2D eigenvalue weighted by Gasteiger charge is -2.26. The molecule has 2 aliphatic carbocycles. The fourth-order valence-electron chi connectivity index (χ4n) is 3.92. The van der Waals surface area contributed by atoms with Gasteiger partial charge in [0.2, 0.25) is 0 Å². The molecule has 0 aliphatic heterocycles. The number of allylic oxidation sites excluding steroid dienone is 2. The van der Waals surface area contributed by atoms with Gasteiger partial charge in [-0.3, -0.25) is 9.59 Å². The number of aliphatic hydroxyl groups excluding tert-OH is 1. The van der Waals surface area contributed by atoms with Crippen molar-refractivity contribution in [3.63, 3.8) is 0 Å². The van der Waals surface area contributed by atoms with Crippen molar-refractivity contribution >= 4 is 11.9 Å². The minimum absolute atomic E-state index is 0.00435. The molecular formula is C25H44O5. The SMILES string of the molecule is C/C=C/CO.C/C=C/COC(=O)C1CCCCC1C.COC(=O)C1CCCCC1C. The molecule has 2 rings (SSSR count). The van der Waals surface area contributed by atoms with Crippen molar-refractivity contribution in [2.75, 3.05) is 20.3 Å². The van der Waals surface area contributed by atoms with Crippen molar-refractivity contribution in [1.82, 2.24) is 0 Å². The predicted octanol–water partition coefficient (Wildman–Crippen LogP) is 5.47. The van der Waals surface area contributed by atoms with Crippen LogP contribution in [0.25, 0.3) is 0 Å². The van der Waals surface area contributed by atoms with Gasteiger partial charge in [0.1, 0.15) is 6.61 Å². The first-order valence-corrected chi connectivity index (χ1v) is 11.5. The minimum Gasteiger partial charge on any atom is -0.469 e. The first kappa shape index (κ1) is 28.4. The number of carbonyl (C=O) groups excluding carboxylic acids is 2. The van der Waals surface area contributed by atoms with Crippen molar-refractivity contribution in [1.29, 1.82) is 0 Å². The Morgan fingerprint density at radius 3 is 1.67 bits per heavy atom. The van der Waals surface area contributed by atoms with Crippen LogP contribution in [0.4, 0.5) is 0 Å². The van der Waals surface area contributed by atoms with Crippen LogP contribution in [-0.4, -0.2) is 37.4 Å². The topological polar surface area (TPSA) is 72.8 Å². The summed E-state index contributed by atoms with van der Waals surface area (Å²) >= 11 is 0. The second-order valence-corrected chi connectivity index (χ2v) is 8.21. The van der Waals surface area contributed by atoms with Gasteiger partial charge in [-0.25, -0.2) is 0 Å². The van der Waals surface area contributed by atoms with E-state index in [9.17, 15) is 9.59 Å². The lowest BCUT2D eigenvalue weighted by molar-refractivity contribution is -0.150. The average Bonchev–Trinajstić information content (AvgIpc) is 2.75. The monoisotopic (exact) mass is 424 g/mol. The molecule has 2 saturated carbocycles. The van der Waals surface area contributed by atoms with E-state index in [1.807, 2.05) is 26.0 Å². The molecule has 2 fully saturated rings. The van der Waals surface area contributed by atoms with Crippen molar-refractivity contribution in [2.24, 2.45) is 23.7 Å². The Bertz CT molecular complexity index is 512. The molecule has 0 heterocycles. The highest BCUT2D eigenvalue weighted by Gasteiger charge is 2.29. The summed E-state index contributed by atoms with van der Waals surface area (Å²) in [6.07, 6.45) is 16.5. The summed E-state index contributed by atoms with van der Waals surface area (Å²) in [7, 11) is 1.48. The number of hydrogen-bond acceptors (Lipinski definition) is 5. The zero-order chi connectivity index (χ0) is 22.8. The molecule has 1 N–H and O–H groups in total. The third-order valence-electron chi connectivity index (χ3n) is 5.93. The number of esters is 2. The fraction of sp³-hybridized carbons (Fsp3) is 0.760. The van der Waals surface area contributed by atoms with Gasteiger partial charge in [0, 0.05) is 0 Å². The molecular weight excluding hydrogens is 380 g/mol. The van der Waals surface area contributed by atoms with Crippen LogP contribution in [0.5, 0.6) is 0 Å². The molecule has 4 atom stereocenters. The highest BCUT2D eigenvalue weighted by molar-refractivity contribution is 5.73. The lowest BCUT2D eigenvalue weighted by atomic mass is 9.80. The quantitative estimate of drug-likeness (QED) is 0.468. The normalized spacial score (nSPS) is 26.2. The maximum atomic E-state index is 11.6. The molecule has 0 radical (unpaired) electrons. The Hall–Kier alpha value is -1.62. The van der Waals surface area contributed by atoms with E-state index >= 15 is 0 Å². The van der Waals surface area contributed by atoms with E-state index in [0.717, 1.165) is 12.8 Å². The summed E-state index contributed by atoms with van der Waals surface area (Å²) in [5.74, 6) is 1.33. The van der Waals surface area contributed by atoms with Gasteiger partial charge in [-0.15, -0.1) is 0 Å². The maximum Gasteiger partial charge on any atom is 0.309 e. The Labute approximate surface area is 183 Å². The molecule has 0 saturated heterocycles. The molecule has 2 aliphatic rings. The van der Waals surface area contributed by atoms with Gasteiger partial charge in [-0.2, -0.15) is 0 Å². The van der Waals surface area contributed by atoms with Crippen molar-refractivity contribution < 1.29 is 24.2 Å². The van der Waals surface area contributed by atoms with Crippen LogP contribution in [-0.2, 0) is 19.1 Å². The Balaban J connectivity index is 0.000000468. The first-order chi connectivity index (χ1) is 14.4. The summed E-state index contributed by atoms with van der Waals surface area (Å²) in [6.45, 7) is 8.68. The number of methoxy groups -OCH3 is 1. The molecule has 0 aromatic carbocycles. The van der Waals surface area contributed by atoms with E-state index < -0.39 is 0 Å². The zero-order valence-corrected chi connectivity index (χ0v) is 19.8. The molecule has 0 amide bonds.